The van der Waals surface area contributed by atoms with Gasteiger partial charge in [0.2, 0.25) is 5.28 Å². The molecule has 21 heavy (non-hydrogen) atoms. The maximum atomic E-state index is 6.19. The minimum absolute atomic E-state index is 0.383. The predicted octanol–water partition coefficient (Wildman–Crippen LogP) is 4.85. The monoisotopic (exact) mass is 323 g/mol. The van der Waals surface area contributed by atoms with Crippen LogP contribution in [0.3, 0.4) is 0 Å². The Morgan fingerprint density at radius 2 is 1.81 bits per heavy atom. The first-order chi connectivity index (χ1) is 10.2. The zero-order chi connectivity index (χ0) is 14.8. The molecule has 0 bridgehead atoms. The highest BCUT2D eigenvalue weighted by Gasteiger charge is 2.23. The molecule has 0 saturated carbocycles. The van der Waals surface area contributed by atoms with Crippen LogP contribution in [0.2, 0.25) is 5.28 Å². The number of fused-ring (bicyclic) bond motifs is 3. The molecule has 5 heteroatoms. The van der Waals surface area contributed by atoms with Crippen LogP contribution in [0.4, 0.5) is 5.82 Å². The number of halogens is 1. The molecule has 2 aromatic rings. The van der Waals surface area contributed by atoms with Gasteiger partial charge in [0.15, 0.2) is 0 Å². The number of anilines is 1. The van der Waals surface area contributed by atoms with E-state index in [2.05, 4.69) is 28.7 Å². The molecule has 0 fully saturated rings. The van der Waals surface area contributed by atoms with Crippen molar-refractivity contribution in [2.75, 3.05) is 18.0 Å². The van der Waals surface area contributed by atoms with Crippen LogP contribution in [0.1, 0.15) is 50.0 Å². The van der Waals surface area contributed by atoms with E-state index in [-0.39, 0.29) is 0 Å². The van der Waals surface area contributed by atoms with Crippen LogP contribution in [0.25, 0.3) is 10.2 Å². The van der Waals surface area contributed by atoms with Gasteiger partial charge in [-0.05, 0) is 55.7 Å². The van der Waals surface area contributed by atoms with Crippen molar-refractivity contribution in [1.29, 1.82) is 0 Å². The lowest BCUT2D eigenvalue weighted by molar-refractivity contribution is 0.698. The Labute approximate surface area is 135 Å². The smallest absolute Gasteiger partial charge is 0.225 e. The van der Waals surface area contributed by atoms with Crippen molar-refractivity contribution >= 4 is 39.0 Å². The summed E-state index contributed by atoms with van der Waals surface area (Å²) in [7, 11) is 0. The standard InChI is InChI=1S/C16H22ClN3S/c1-3-9-20(10-4-2)14-13-11-7-5-6-8-12(11)21-15(13)19-16(17)18-14/h3-10H2,1-2H3. The van der Waals surface area contributed by atoms with Crippen molar-refractivity contribution in [2.45, 2.75) is 52.4 Å². The van der Waals surface area contributed by atoms with E-state index in [1.807, 2.05) is 11.3 Å². The van der Waals surface area contributed by atoms with Crippen LogP contribution < -0.4 is 4.90 Å². The maximum absolute atomic E-state index is 6.19. The third-order valence-corrected chi connectivity index (χ3v) is 5.41. The highest BCUT2D eigenvalue weighted by Crippen LogP contribution is 2.40. The lowest BCUT2D eigenvalue weighted by atomic mass is 9.97. The van der Waals surface area contributed by atoms with E-state index in [1.54, 1.807) is 0 Å². The number of nitrogens with zero attached hydrogens (tertiary/aromatic N) is 3. The molecule has 0 spiro atoms. The van der Waals surface area contributed by atoms with Gasteiger partial charge in [-0.1, -0.05) is 13.8 Å². The van der Waals surface area contributed by atoms with Crippen molar-refractivity contribution in [1.82, 2.24) is 9.97 Å². The molecule has 2 aromatic heterocycles. The molecule has 3 nitrogen and oxygen atoms in total. The first-order valence-corrected chi connectivity index (χ1v) is 9.16. The zero-order valence-corrected chi connectivity index (χ0v) is 14.4. The van der Waals surface area contributed by atoms with Gasteiger partial charge in [0.05, 0.1) is 5.39 Å². The second-order valence-electron chi connectivity index (χ2n) is 5.69. The van der Waals surface area contributed by atoms with Crippen LogP contribution >= 0.6 is 22.9 Å². The summed E-state index contributed by atoms with van der Waals surface area (Å²) in [6, 6.07) is 0. The van der Waals surface area contributed by atoms with Crippen molar-refractivity contribution in [3.8, 4) is 0 Å². The third kappa shape index (κ3) is 2.88. The maximum Gasteiger partial charge on any atom is 0.225 e. The van der Waals surface area contributed by atoms with Gasteiger partial charge in [-0.3, -0.25) is 0 Å². The lowest BCUT2D eigenvalue weighted by Crippen LogP contribution is -2.26. The molecule has 1 aliphatic rings. The fourth-order valence-electron chi connectivity index (χ4n) is 3.21. The second-order valence-corrected chi connectivity index (χ2v) is 7.12. The van der Waals surface area contributed by atoms with Gasteiger partial charge in [0.25, 0.3) is 0 Å². The third-order valence-electron chi connectivity index (χ3n) is 4.05. The van der Waals surface area contributed by atoms with E-state index >= 15 is 0 Å². The number of thiophene rings is 1. The Hall–Kier alpha value is -0.870. The second kappa shape index (κ2) is 6.49. The molecular weight excluding hydrogens is 302 g/mol. The summed E-state index contributed by atoms with van der Waals surface area (Å²) >= 11 is 8.01. The summed E-state index contributed by atoms with van der Waals surface area (Å²) < 4.78 is 0. The van der Waals surface area contributed by atoms with E-state index < -0.39 is 0 Å². The summed E-state index contributed by atoms with van der Waals surface area (Å²) in [4.78, 5) is 14.1. The van der Waals surface area contributed by atoms with Crippen molar-refractivity contribution in [2.24, 2.45) is 0 Å². The Kier molecular flexibility index (Phi) is 4.65. The van der Waals surface area contributed by atoms with E-state index in [4.69, 9.17) is 11.6 Å². The Morgan fingerprint density at radius 1 is 1.10 bits per heavy atom. The number of aromatic nitrogens is 2. The molecule has 3 rings (SSSR count). The van der Waals surface area contributed by atoms with Gasteiger partial charge in [-0.2, -0.15) is 4.98 Å². The van der Waals surface area contributed by atoms with Crippen molar-refractivity contribution in [3.05, 3.63) is 15.7 Å². The average molecular weight is 324 g/mol. The van der Waals surface area contributed by atoms with E-state index in [1.165, 1.54) is 41.5 Å². The van der Waals surface area contributed by atoms with Crippen molar-refractivity contribution in [3.63, 3.8) is 0 Å². The highest BCUT2D eigenvalue weighted by atomic mass is 35.5. The van der Waals surface area contributed by atoms with E-state index in [0.717, 1.165) is 36.6 Å². The summed E-state index contributed by atoms with van der Waals surface area (Å²) in [6.07, 6.45) is 7.17. The first kappa shape index (κ1) is 15.0. The molecule has 0 N–H and O–H groups in total. The lowest BCUT2D eigenvalue weighted by Gasteiger charge is -2.24. The molecule has 0 atom stereocenters. The molecule has 0 amide bonds. The SMILES string of the molecule is CCCN(CCC)c1nc(Cl)nc2sc3c(c12)CCCC3. The number of rotatable bonds is 5. The van der Waals surface area contributed by atoms with Gasteiger partial charge in [0, 0.05) is 18.0 Å². The minimum atomic E-state index is 0.383. The van der Waals surface area contributed by atoms with Gasteiger partial charge in [-0.25, -0.2) is 4.98 Å². The molecule has 114 valence electrons. The molecule has 2 heterocycles. The number of hydrogen-bond acceptors (Lipinski definition) is 4. The van der Waals surface area contributed by atoms with Gasteiger partial charge in [-0.15, -0.1) is 11.3 Å². The molecule has 0 aromatic carbocycles. The Bertz CT molecular complexity index is 632. The fraction of sp³-hybridized carbons (Fsp3) is 0.625. The quantitative estimate of drug-likeness (QED) is 0.736. The first-order valence-electron chi connectivity index (χ1n) is 7.97. The summed E-state index contributed by atoms with van der Waals surface area (Å²) in [6.45, 7) is 6.49. The molecule has 0 aliphatic heterocycles. The molecule has 0 unspecified atom stereocenters. The molecular formula is C16H22ClN3S. The normalized spacial score (nSPS) is 14.4. The molecule has 1 aliphatic carbocycles. The van der Waals surface area contributed by atoms with Crippen LogP contribution in [0, 0.1) is 0 Å². The van der Waals surface area contributed by atoms with Crippen LogP contribution in [-0.2, 0) is 12.8 Å². The van der Waals surface area contributed by atoms with Gasteiger partial charge >= 0.3 is 0 Å². The highest BCUT2D eigenvalue weighted by molar-refractivity contribution is 7.19. The van der Waals surface area contributed by atoms with Crippen LogP contribution in [0.5, 0.6) is 0 Å². The minimum Gasteiger partial charge on any atom is -0.356 e. The van der Waals surface area contributed by atoms with Crippen molar-refractivity contribution < 1.29 is 0 Å². The fourth-order valence-corrected chi connectivity index (χ4v) is 4.68. The van der Waals surface area contributed by atoms with Crippen LogP contribution in [0.15, 0.2) is 0 Å². The van der Waals surface area contributed by atoms with Gasteiger partial charge in [0.1, 0.15) is 10.6 Å². The van der Waals surface area contributed by atoms with E-state index in [9.17, 15) is 0 Å². The Balaban J connectivity index is 2.17. The largest absolute Gasteiger partial charge is 0.356 e. The summed E-state index contributed by atoms with van der Waals surface area (Å²) in [5.41, 5.74) is 1.49. The molecule has 0 radical (unpaired) electrons. The van der Waals surface area contributed by atoms with Crippen LogP contribution in [-0.4, -0.2) is 23.1 Å². The number of hydrogen-bond donors (Lipinski definition) is 0. The topological polar surface area (TPSA) is 29.0 Å². The Morgan fingerprint density at radius 3 is 2.52 bits per heavy atom. The van der Waals surface area contributed by atoms with E-state index in [0.29, 0.717) is 5.28 Å². The summed E-state index contributed by atoms with van der Waals surface area (Å²) in [5, 5.41) is 1.66. The number of aryl methyl sites for hydroxylation is 2. The predicted molar refractivity (Wildman–Crippen MR) is 91.9 cm³/mol. The summed E-state index contributed by atoms with van der Waals surface area (Å²) in [5.74, 6) is 1.06. The zero-order valence-electron chi connectivity index (χ0n) is 12.8. The average Bonchev–Trinajstić information content (AvgIpc) is 2.84. The van der Waals surface area contributed by atoms with Gasteiger partial charge < -0.3 is 4.90 Å². The molecule has 0 saturated heterocycles.